The van der Waals surface area contributed by atoms with Crippen molar-refractivity contribution < 1.29 is 0 Å². The molecule has 0 aliphatic carbocycles. The van der Waals surface area contributed by atoms with E-state index in [1.165, 1.54) is 22.0 Å². The van der Waals surface area contributed by atoms with Crippen molar-refractivity contribution in [3.8, 4) is 0 Å². The number of benzene rings is 1. The summed E-state index contributed by atoms with van der Waals surface area (Å²) in [6, 6.07) is 6.86. The lowest BCUT2D eigenvalue weighted by Crippen LogP contribution is -2.47. The van der Waals surface area contributed by atoms with Gasteiger partial charge in [0.2, 0.25) is 0 Å². The van der Waals surface area contributed by atoms with Gasteiger partial charge in [-0.05, 0) is 30.4 Å². The monoisotopic (exact) mass is 535 g/mol. The summed E-state index contributed by atoms with van der Waals surface area (Å²) in [6.45, 7) is 8.14. The lowest BCUT2D eigenvalue weighted by atomic mass is 10.1. The topological polar surface area (TPSA) is 82.9 Å². The van der Waals surface area contributed by atoms with Gasteiger partial charge in [-0.15, -0.1) is 24.0 Å². The summed E-state index contributed by atoms with van der Waals surface area (Å²) in [5.41, 5.74) is 3.98. The van der Waals surface area contributed by atoms with Gasteiger partial charge in [0.05, 0.1) is 6.54 Å². The van der Waals surface area contributed by atoms with Crippen LogP contribution in [0, 0.1) is 0 Å². The van der Waals surface area contributed by atoms with Crippen LogP contribution in [0.5, 0.6) is 0 Å². The molecular formula is C23H34IN7. The molecule has 0 bridgehead atoms. The van der Waals surface area contributed by atoms with E-state index in [4.69, 9.17) is 0 Å². The number of aromatic amines is 1. The fourth-order valence-corrected chi connectivity index (χ4v) is 4.17. The average Bonchev–Trinajstić information content (AvgIpc) is 3.37. The number of aromatic nitrogens is 4. The van der Waals surface area contributed by atoms with Crippen LogP contribution in [-0.4, -0.2) is 45.3 Å². The van der Waals surface area contributed by atoms with E-state index in [1.54, 1.807) is 0 Å². The Morgan fingerprint density at radius 3 is 2.90 bits per heavy atom. The molecule has 0 saturated carbocycles. The number of hydrogen-bond acceptors (Lipinski definition) is 3. The Balaban J connectivity index is 0.00000272. The highest BCUT2D eigenvalue weighted by molar-refractivity contribution is 14.0. The van der Waals surface area contributed by atoms with E-state index in [9.17, 15) is 0 Å². The van der Waals surface area contributed by atoms with Crippen LogP contribution in [0.3, 0.4) is 0 Å². The number of nitrogens with zero attached hydrogens (tertiary/aromatic N) is 4. The molecule has 0 fully saturated rings. The van der Waals surface area contributed by atoms with Crippen molar-refractivity contribution in [3.05, 3.63) is 47.2 Å². The maximum absolute atomic E-state index is 4.67. The summed E-state index contributed by atoms with van der Waals surface area (Å²) >= 11 is 0. The van der Waals surface area contributed by atoms with Gasteiger partial charge in [0.25, 0.3) is 0 Å². The summed E-state index contributed by atoms with van der Waals surface area (Å²) < 4.78 is 2.06. The molecule has 0 radical (unpaired) electrons. The van der Waals surface area contributed by atoms with Gasteiger partial charge in [0.15, 0.2) is 11.8 Å². The molecular weight excluding hydrogens is 501 g/mol. The van der Waals surface area contributed by atoms with Crippen LogP contribution in [0.1, 0.15) is 55.9 Å². The van der Waals surface area contributed by atoms with E-state index >= 15 is 0 Å². The Labute approximate surface area is 201 Å². The minimum atomic E-state index is 0. The molecule has 3 heterocycles. The lowest BCUT2D eigenvalue weighted by Gasteiger charge is -2.25. The van der Waals surface area contributed by atoms with Gasteiger partial charge in [-0.2, -0.15) is 5.10 Å². The SMILES string of the molecule is CCc1cccc2c(CCNC(=NC)NC3CCc4nc(C(C)C)nn4C3)c[nH]c12.I. The van der Waals surface area contributed by atoms with Crippen LogP contribution in [0.25, 0.3) is 10.9 Å². The summed E-state index contributed by atoms with van der Waals surface area (Å²) in [6.07, 6.45) is 6.12. The van der Waals surface area contributed by atoms with Gasteiger partial charge < -0.3 is 15.6 Å². The molecule has 7 nitrogen and oxygen atoms in total. The smallest absolute Gasteiger partial charge is 0.191 e. The molecule has 3 N–H and O–H groups in total. The van der Waals surface area contributed by atoms with Gasteiger partial charge in [-0.1, -0.05) is 39.0 Å². The molecule has 1 unspecified atom stereocenters. The van der Waals surface area contributed by atoms with E-state index < -0.39 is 0 Å². The van der Waals surface area contributed by atoms with Crippen molar-refractivity contribution in [1.29, 1.82) is 0 Å². The highest BCUT2D eigenvalue weighted by Gasteiger charge is 2.23. The maximum Gasteiger partial charge on any atom is 0.191 e. The molecule has 168 valence electrons. The van der Waals surface area contributed by atoms with Crippen molar-refractivity contribution in [2.45, 2.75) is 65.0 Å². The van der Waals surface area contributed by atoms with Gasteiger partial charge in [-0.25, -0.2) is 9.67 Å². The number of fused-ring (bicyclic) bond motifs is 2. The number of halogens is 1. The number of H-pyrrole nitrogens is 1. The first-order chi connectivity index (χ1) is 14.6. The molecule has 1 atom stereocenters. The van der Waals surface area contributed by atoms with Crippen molar-refractivity contribution in [3.63, 3.8) is 0 Å². The van der Waals surface area contributed by atoms with Crippen LogP contribution in [-0.2, 0) is 25.8 Å². The van der Waals surface area contributed by atoms with Crippen LogP contribution >= 0.6 is 24.0 Å². The molecule has 31 heavy (non-hydrogen) atoms. The van der Waals surface area contributed by atoms with Crippen LogP contribution in [0.2, 0.25) is 0 Å². The lowest BCUT2D eigenvalue weighted by molar-refractivity contribution is 0.391. The Morgan fingerprint density at radius 1 is 1.32 bits per heavy atom. The first kappa shape index (κ1) is 23.6. The van der Waals surface area contributed by atoms with E-state index in [2.05, 4.69) is 80.5 Å². The summed E-state index contributed by atoms with van der Waals surface area (Å²) in [5, 5.41) is 13.0. The van der Waals surface area contributed by atoms with Gasteiger partial charge in [0.1, 0.15) is 5.82 Å². The van der Waals surface area contributed by atoms with Gasteiger partial charge >= 0.3 is 0 Å². The third kappa shape index (κ3) is 5.22. The minimum Gasteiger partial charge on any atom is -0.361 e. The van der Waals surface area contributed by atoms with Crippen LogP contribution in [0.4, 0.5) is 0 Å². The van der Waals surface area contributed by atoms with Gasteiger partial charge in [-0.3, -0.25) is 4.99 Å². The Hall–Kier alpha value is -2.10. The number of hydrogen-bond donors (Lipinski definition) is 3. The zero-order chi connectivity index (χ0) is 21.1. The minimum absolute atomic E-state index is 0. The van der Waals surface area contributed by atoms with Crippen molar-refractivity contribution >= 4 is 40.8 Å². The number of aliphatic imine (C=N–C) groups is 1. The van der Waals surface area contributed by atoms with Crippen molar-refractivity contribution in [2.75, 3.05) is 13.6 Å². The summed E-state index contributed by atoms with van der Waals surface area (Å²) in [7, 11) is 1.83. The highest BCUT2D eigenvalue weighted by atomic mass is 127. The Morgan fingerprint density at radius 2 is 2.16 bits per heavy atom. The number of guanidine groups is 1. The first-order valence-corrected chi connectivity index (χ1v) is 11.1. The molecule has 1 aromatic carbocycles. The van der Waals surface area contributed by atoms with E-state index in [0.29, 0.717) is 12.0 Å². The second-order valence-electron chi connectivity index (χ2n) is 8.36. The molecule has 4 rings (SSSR count). The maximum atomic E-state index is 4.67. The summed E-state index contributed by atoms with van der Waals surface area (Å²) in [4.78, 5) is 12.6. The quantitative estimate of drug-likeness (QED) is 0.255. The first-order valence-electron chi connectivity index (χ1n) is 11.1. The normalized spacial score (nSPS) is 16.3. The van der Waals surface area contributed by atoms with Crippen molar-refractivity contribution in [2.24, 2.45) is 4.99 Å². The van der Waals surface area contributed by atoms with E-state index in [-0.39, 0.29) is 24.0 Å². The second-order valence-corrected chi connectivity index (χ2v) is 8.36. The molecule has 0 spiro atoms. The largest absolute Gasteiger partial charge is 0.361 e. The number of para-hydroxylation sites is 1. The molecule has 2 aromatic heterocycles. The van der Waals surface area contributed by atoms with E-state index in [0.717, 1.165) is 56.4 Å². The number of rotatable bonds is 6. The van der Waals surface area contributed by atoms with Gasteiger partial charge in [0, 0.05) is 49.1 Å². The molecule has 0 amide bonds. The zero-order valence-corrected chi connectivity index (χ0v) is 21.2. The second kappa shape index (κ2) is 10.5. The molecule has 8 heteroatoms. The number of nitrogens with one attached hydrogen (secondary N) is 3. The summed E-state index contributed by atoms with van der Waals surface area (Å²) in [5.74, 6) is 3.26. The fourth-order valence-electron chi connectivity index (χ4n) is 4.17. The molecule has 3 aromatic rings. The zero-order valence-electron chi connectivity index (χ0n) is 18.9. The number of aryl methyl sites for hydroxylation is 2. The van der Waals surface area contributed by atoms with Crippen molar-refractivity contribution in [1.82, 2.24) is 30.4 Å². The standard InChI is InChI=1S/C23H33N7.HI/c1-5-16-7-6-8-19-17(13-26-21(16)19)11-12-25-23(24-4)27-18-9-10-20-28-22(15(2)3)29-30(20)14-18;/h6-8,13,15,18,26H,5,9-12,14H2,1-4H3,(H2,24,25,27);1H. The predicted molar refractivity (Wildman–Crippen MR) is 138 cm³/mol. The average molecular weight is 535 g/mol. The predicted octanol–water partition coefficient (Wildman–Crippen LogP) is 3.79. The molecule has 0 saturated heterocycles. The Kier molecular flexibility index (Phi) is 7.96. The van der Waals surface area contributed by atoms with Crippen LogP contribution in [0.15, 0.2) is 29.4 Å². The molecule has 1 aliphatic heterocycles. The van der Waals surface area contributed by atoms with E-state index in [1.807, 2.05) is 7.05 Å². The third-order valence-corrected chi connectivity index (χ3v) is 5.91. The highest BCUT2D eigenvalue weighted by Crippen LogP contribution is 2.22. The third-order valence-electron chi connectivity index (χ3n) is 5.91. The fraction of sp³-hybridized carbons (Fsp3) is 0.522. The molecule has 1 aliphatic rings. The Bertz CT molecular complexity index is 1030. The van der Waals surface area contributed by atoms with Crippen LogP contribution < -0.4 is 10.6 Å².